The highest BCUT2D eigenvalue weighted by molar-refractivity contribution is 5.23. The first-order chi connectivity index (χ1) is 18.1. The summed E-state index contributed by atoms with van der Waals surface area (Å²) in [6, 6.07) is 11.9. The quantitative estimate of drug-likeness (QED) is 0.501. The van der Waals surface area contributed by atoms with Crippen molar-refractivity contribution < 1.29 is 0 Å². The van der Waals surface area contributed by atoms with Crippen LogP contribution in [0.4, 0.5) is 0 Å². The summed E-state index contributed by atoms with van der Waals surface area (Å²) in [6.45, 7) is 34.8. The van der Waals surface area contributed by atoms with E-state index in [0.29, 0.717) is 24.2 Å². The molecule has 0 atom stereocenters. The first-order valence-electron chi connectivity index (χ1n) is 15.6. The van der Waals surface area contributed by atoms with E-state index in [1.165, 1.54) is 37.3 Å². The number of benzene rings is 1. The highest BCUT2D eigenvalue weighted by atomic mass is 15.3. The molecule has 3 rings (SSSR count). The van der Waals surface area contributed by atoms with Crippen LogP contribution in [0.1, 0.15) is 66.5 Å². The summed E-state index contributed by atoms with van der Waals surface area (Å²) in [5.74, 6) is 0. The van der Waals surface area contributed by atoms with Gasteiger partial charge in [0.05, 0.1) is 0 Å². The second kappa shape index (κ2) is 15.7. The minimum Gasteiger partial charge on any atom is -0.298 e. The van der Waals surface area contributed by atoms with Crippen molar-refractivity contribution in [3.8, 4) is 0 Å². The van der Waals surface area contributed by atoms with Crippen LogP contribution >= 0.6 is 0 Å². The zero-order chi connectivity index (χ0) is 27.7. The predicted octanol–water partition coefficient (Wildman–Crippen LogP) is 4.16. The molecule has 2 heterocycles. The number of rotatable bonds is 8. The maximum Gasteiger partial charge on any atom is 0.0234 e. The minimum absolute atomic E-state index is 0.604. The Kier molecular flexibility index (Phi) is 13.0. The normalized spacial score (nSPS) is 22.0. The molecule has 0 amide bonds. The summed E-state index contributed by atoms with van der Waals surface area (Å²) in [7, 11) is 0. The third-order valence-corrected chi connectivity index (χ3v) is 8.89. The summed E-state index contributed by atoms with van der Waals surface area (Å²) < 4.78 is 0. The molecule has 38 heavy (non-hydrogen) atoms. The number of hydrogen-bond acceptors (Lipinski definition) is 6. The highest BCUT2D eigenvalue weighted by Crippen LogP contribution is 2.15. The standard InChI is InChI=1S/C32H60N6/c1-27(2)35-16-12-33(13-17-36(21-20-35)28(3)4)25-31-10-9-11-32(24-31)26-34-14-18-37(29(5)6)22-23-38(19-15-34)30(7)8/h9-11,24,27-30H,12-23,25-26H2,1-8H3. The van der Waals surface area contributed by atoms with E-state index in [1.807, 2.05) is 0 Å². The molecule has 0 aromatic heterocycles. The van der Waals surface area contributed by atoms with E-state index in [1.54, 1.807) is 0 Å². The molecule has 2 aliphatic rings. The van der Waals surface area contributed by atoms with Gasteiger partial charge in [0, 0.05) is 116 Å². The first kappa shape index (κ1) is 31.5. The summed E-state index contributed by atoms with van der Waals surface area (Å²) in [4.78, 5) is 16.0. The molecule has 1 aromatic rings. The van der Waals surface area contributed by atoms with Crippen LogP contribution < -0.4 is 0 Å². The molecule has 0 unspecified atom stereocenters. The van der Waals surface area contributed by atoms with E-state index in [4.69, 9.17) is 0 Å². The van der Waals surface area contributed by atoms with Crippen LogP contribution in [-0.2, 0) is 13.1 Å². The van der Waals surface area contributed by atoms with Crippen molar-refractivity contribution in [1.82, 2.24) is 29.4 Å². The van der Waals surface area contributed by atoms with E-state index in [2.05, 4.69) is 109 Å². The zero-order valence-electron chi connectivity index (χ0n) is 26.2. The van der Waals surface area contributed by atoms with E-state index in [-0.39, 0.29) is 0 Å². The monoisotopic (exact) mass is 528 g/mol. The summed E-state index contributed by atoms with van der Waals surface area (Å²) in [5.41, 5.74) is 2.93. The Morgan fingerprint density at radius 1 is 0.447 bits per heavy atom. The highest BCUT2D eigenvalue weighted by Gasteiger charge is 2.21. The van der Waals surface area contributed by atoms with E-state index in [0.717, 1.165) is 65.4 Å². The summed E-state index contributed by atoms with van der Waals surface area (Å²) in [5, 5.41) is 0. The fourth-order valence-electron chi connectivity index (χ4n) is 5.99. The third kappa shape index (κ3) is 10.2. The number of hydrogen-bond donors (Lipinski definition) is 0. The molecule has 218 valence electrons. The molecule has 0 N–H and O–H groups in total. The Bertz CT molecular complexity index is 693. The average Bonchev–Trinajstić information content (AvgIpc) is 3.03. The molecule has 0 aliphatic carbocycles. The van der Waals surface area contributed by atoms with Crippen molar-refractivity contribution in [2.45, 2.75) is 92.6 Å². The van der Waals surface area contributed by atoms with Crippen LogP contribution in [0, 0.1) is 0 Å². The van der Waals surface area contributed by atoms with Gasteiger partial charge in [0.2, 0.25) is 0 Å². The second-order valence-electron chi connectivity index (χ2n) is 12.9. The maximum atomic E-state index is 2.69. The van der Waals surface area contributed by atoms with Gasteiger partial charge < -0.3 is 0 Å². The van der Waals surface area contributed by atoms with E-state index < -0.39 is 0 Å². The molecule has 2 saturated heterocycles. The largest absolute Gasteiger partial charge is 0.298 e. The predicted molar refractivity (Wildman–Crippen MR) is 164 cm³/mol. The summed E-state index contributed by atoms with van der Waals surface area (Å²) in [6.07, 6.45) is 0. The maximum absolute atomic E-state index is 2.69. The van der Waals surface area contributed by atoms with Crippen molar-refractivity contribution >= 4 is 0 Å². The molecule has 0 bridgehead atoms. The third-order valence-electron chi connectivity index (χ3n) is 8.89. The molecular formula is C32H60N6. The number of nitrogens with zero attached hydrogens (tertiary/aromatic N) is 6. The van der Waals surface area contributed by atoms with Crippen LogP contribution in [0.3, 0.4) is 0 Å². The zero-order valence-corrected chi connectivity index (χ0v) is 26.2. The molecule has 1 aromatic carbocycles. The molecular weight excluding hydrogens is 468 g/mol. The van der Waals surface area contributed by atoms with E-state index in [9.17, 15) is 0 Å². The molecule has 6 nitrogen and oxygen atoms in total. The Hall–Kier alpha value is -1.02. The van der Waals surface area contributed by atoms with Crippen LogP contribution in [0.2, 0.25) is 0 Å². The van der Waals surface area contributed by atoms with Gasteiger partial charge in [0.25, 0.3) is 0 Å². The lowest BCUT2D eigenvalue weighted by Gasteiger charge is -2.30. The Morgan fingerprint density at radius 3 is 0.974 bits per heavy atom. The fraction of sp³-hybridized carbons (Fsp3) is 0.812. The molecule has 0 radical (unpaired) electrons. The SMILES string of the molecule is CC(C)N1CCN(Cc2cccc(CN3CCN(C(C)C)CCN(C(C)C)CC3)c2)CCN(C(C)C)CC1. The van der Waals surface area contributed by atoms with Crippen LogP contribution in [0.25, 0.3) is 0 Å². The van der Waals surface area contributed by atoms with Gasteiger partial charge in [-0.1, -0.05) is 24.3 Å². The lowest BCUT2D eigenvalue weighted by Crippen LogP contribution is -2.41. The molecule has 0 spiro atoms. The van der Waals surface area contributed by atoms with Crippen LogP contribution in [0.5, 0.6) is 0 Å². The molecule has 0 saturated carbocycles. The van der Waals surface area contributed by atoms with Gasteiger partial charge in [-0.2, -0.15) is 0 Å². The van der Waals surface area contributed by atoms with Gasteiger partial charge in [-0.3, -0.25) is 29.4 Å². The second-order valence-corrected chi connectivity index (χ2v) is 12.9. The van der Waals surface area contributed by atoms with Gasteiger partial charge in [0.15, 0.2) is 0 Å². The average molecular weight is 529 g/mol. The van der Waals surface area contributed by atoms with Gasteiger partial charge in [-0.05, 0) is 66.5 Å². The molecule has 2 fully saturated rings. The molecule has 6 heteroatoms. The molecule has 2 aliphatic heterocycles. The van der Waals surface area contributed by atoms with E-state index >= 15 is 0 Å². The smallest absolute Gasteiger partial charge is 0.0234 e. The lowest BCUT2D eigenvalue weighted by atomic mass is 10.1. The Balaban J connectivity index is 1.66. The Morgan fingerprint density at radius 2 is 0.711 bits per heavy atom. The van der Waals surface area contributed by atoms with Crippen molar-refractivity contribution in [1.29, 1.82) is 0 Å². The van der Waals surface area contributed by atoms with Crippen molar-refractivity contribution in [3.05, 3.63) is 35.4 Å². The lowest BCUT2D eigenvalue weighted by molar-refractivity contribution is 0.169. The van der Waals surface area contributed by atoms with Crippen molar-refractivity contribution in [2.24, 2.45) is 0 Å². The van der Waals surface area contributed by atoms with Gasteiger partial charge in [-0.25, -0.2) is 0 Å². The summed E-state index contributed by atoms with van der Waals surface area (Å²) >= 11 is 0. The van der Waals surface area contributed by atoms with Crippen molar-refractivity contribution in [3.63, 3.8) is 0 Å². The van der Waals surface area contributed by atoms with Gasteiger partial charge >= 0.3 is 0 Å². The van der Waals surface area contributed by atoms with Gasteiger partial charge in [-0.15, -0.1) is 0 Å². The van der Waals surface area contributed by atoms with Crippen LogP contribution in [0.15, 0.2) is 24.3 Å². The fourth-order valence-corrected chi connectivity index (χ4v) is 5.99. The van der Waals surface area contributed by atoms with Crippen LogP contribution in [-0.4, -0.2) is 132 Å². The Labute approximate surface area is 235 Å². The first-order valence-corrected chi connectivity index (χ1v) is 15.6. The van der Waals surface area contributed by atoms with Crippen molar-refractivity contribution in [2.75, 3.05) is 78.5 Å². The minimum atomic E-state index is 0.604. The topological polar surface area (TPSA) is 19.4 Å². The van der Waals surface area contributed by atoms with Gasteiger partial charge in [0.1, 0.15) is 0 Å².